The number of amides is 2. The van der Waals surface area contributed by atoms with Gasteiger partial charge in [0.25, 0.3) is 0 Å². The molecule has 2 amide bonds. The fourth-order valence-corrected chi connectivity index (χ4v) is 5.35. The van der Waals surface area contributed by atoms with Crippen LogP contribution in [-0.2, 0) is 14.3 Å². The largest absolute Gasteiger partial charge is 0.360 e. The second-order valence-corrected chi connectivity index (χ2v) is 8.78. The molecule has 0 N–H and O–H groups in total. The number of rotatable bonds is 5. The van der Waals surface area contributed by atoms with E-state index in [-0.39, 0.29) is 29.8 Å². The van der Waals surface area contributed by atoms with E-state index in [1.54, 1.807) is 0 Å². The van der Waals surface area contributed by atoms with Gasteiger partial charge in [0, 0.05) is 26.2 Å². The molecule has 6 nitrogen and oxygen atoms in total. The first kappa shape index (κ1) is 18.9. The Morgan fingerprint density at radius 1 is 1.26 bits per heavy atom. The van der Waals surface area contributed by atoms with E-state index < -0.39 is 5.60 Å². The molecular weight excluding hydrogens is 342 g/mol. The molecule has 0 aromatic carbocycles. The summed E-state index contributed by atoms with van der Waals surface area (Å²) in [6.07, 6.45) is 6.98. The average molecular weight is 376 g/mol. The van der Waals surface area contributed by atoms with Crippen molar-refractivity contribution in [3.8, 4) is 0 Å². The molecule has 150 valence electrons. The zero-order chi connectivity index (χ0) is 19.2. The van der Waals surface area contributed by atoms with Crippen LogP contribution in [0.3, 0.4) is 0 Å². The Hall–Kier alpha value is -1.40. The maximum atomic E-state index is 13.4. The van der Waals surface area contributed by atoms with Crippen molar-refractivity contribution in [1.29, 1.82) is 0 Å². The van der Waals surface area contributed by atoms with E-state index in [4.69, 9.17) is 4.74 Å². The van der Waals surface area contributed by atoms with E-state index in [1.165, 1.54) is 0 Å². The van der Waals surface area contributed by atoms with E-state index in [2.05, 4.69) is 31.9 Å². The van der Waals surface area contributed by atoms with E-state index in [9.17, 15) is 9.59 Å². The molecule has 0 aromatic heterocycles. The molecule has 0 saturated carbocycles. The Morgan fingerprint density at radius 2 is 2.04 bits per heavy atom. The highest BCUT2D eigenvalue weighted by Crippen LogP contribution is 2.52. The number of likely N-dealkylation sites (N-methyl/N-ethyl adjacent to an activating group) is 1. The van der Waals surface area contributed by atoms with E-state index in [0.29, 0.717) is 12.5 Å². The quantitative estimate of drug-likeness (QED) is 0.681. The Kier molecular flexibility index (Phi) is 5.06. The summed E-state index contributed by atoms with van der Waals surface area (Å²) in [5, 5.41) is 0. The minimum absolute atomic E-state index is 0.115. The third-order valence-electron chi connectivity index (χ3n) is 7.13. The lowest BCUT2D eigenvalue weighted by Gasteiger charge is -2.29. The predicted octanol–water partition coefficient (Wildman–Crippen LogP) is 1.37. The molecule has 0 aromatic rings. The number of carbonyl (C=O) groups is 2. The van der Waals surface area contributed by atoms with Crippen molar-refractivity contribution in [3.63, 3.8) is 0 Å². The molecule has 27 heavy (non-hydrogen) atoms. The van der Waals surface area contributed by atoms with Crippen LogP contribution in [0.1, 0.15) is 33.1 Å². The smallest absolute Gasteiger partial charge is 0.230 e. The van der Waals surface area contributed by atoms with Crippen molar-refractivity contribution in [1.82, 2.24) is 14.7 Å². The summed E-state index contributed by atoms with van der Waals surface area (Å²) < 4.78 is 6.28. The summed E-state index contributed by atoms with van der Waals surface area (Å²) in [6, 6.07) is 0. The Morgan fingerprint density at radius 3 is 2.78 bits per heavy atom. The number of carbonyl (C=O) groups excluding carboxylic acids is 2. The molecule has 0 aliphatic carbocycles. The molecule has 3 fully saturated rings. The zero-order valence-electron chi connectivity index (χ0n) is 16.9. The fourth-order valence-electron chi connectivity index (χ4n) is 5.35. The Labute approximate surface area is 162 Å². The molecule has 3 saturated heterocycles. The average Bonchev–Trinajstić information content (AvgIpc) is 3.23. The van der Waals surface area contributed by atoms with Crippen LogP contribution in [0.4, 0.5) is 0 Å². The lowest BCUT2D eigenvalue weighted by molar-refractivity contribution is -0.143. The molecule has 0 radical (unpaired) electrons. The predicted molar refractivity (Wildman–Crippen MR) is 103 cm³/mol. The van der Waals surface area contributed by atoms with Crippen LogP contribution < -0.4 is 0 Å². The lowest BCUT2D eigenvalue weighted by atomic mass is 9.76. The van der Waals surface area contributed by atoms with E-state index >= 15 is 0 Å². The normalized spacial score (nSPS) is 36.0. The van der Waals surface area contributed by atoms with Crippen LogP contribution in [0.15, 0.2) is 12.2 Å². The van der Waals surface area contributed by atoms with Crippen LogP contribution in [0, 0.1) is 17.8 Å². The van der Waals surface area contributed by atoms with Crippen LogP contribution >= 0.6 is 0 Å². The first-order valence-corrected chi connectivity index (χ1v) is 10.6. The lowest BCUT2D eigenvalue weighted by Crippen LogP contribution is -2.47. The third kappa shape index (κ3) is 3.11. The Balaban J connectivity index is 1.53. The number of ether oxygens (including phenoxy) is 1. The van der Waals surface area contributed by atoms with Crippen molar-refractivity contribution in [2.24, 2.45) is 17.8 Å². The minimum atomic E-state index is -0.573. The Bertz CT molecular complexity index is 632. The van der Waals surface area contributed by atoms with Gasteiger partial charge in [-0.15, -0.1) is 0 Å². The molecule has 1 spiro atoms. The number of hydrogen-bond acceptors (Lipinski definition) is 4. The maximum Gasteiger partial charge on any atom is 0.230 e. The molecule has 4 rings (SSSR count). The van der Waals surface area contributed by atoms with Crippen molar-refractivity contribution >= 4 is 11.8 Å². The third-order valence-corrected chi connectivity index (χ3v) is 7.13. The van der Waals surface area contributed by atoms with E-state index in [1.807, 2.05) is 15.9 Å². The summed E-state index contributed by atoms with van der Waals surface area (Å²) >= 11 is 0. The van der Waals surface area contributed by atoms with Gasteiger partial charge >= 0.3 is 0 Å². The second kappa shape index (κ2) is 7.21. The zero-order valence-corrected chi connectivity index (χ0v) is 16.9. The molecule has 4 atom stereocenters. The van der Waals surface area contributed by atoms with E-state index in [0.717, 1.165) is 52.0 Å². The SMILES string of the molecule is CCC(CC)CN1C[C@]23C=C[C@H](O2)[C@H](C(=O)N2CCCN(C)CC2)[C@H]3C1=O. The van der Waals surface area contributed by atoms with Gasteiger partial charge in [-0.2, -0.15) is 0 Å². The van der Waals surface area contributed by atoms with Gasteiger partial charge in [-0.25, -0.2) is 0 Å². The monoisotopic (exact) mass is 375 g/mol. The van der Waals surface area contributed by atoms with Gasteiger partial charge in [-0.3, -0.25) is 9.59 Å². The van der Waals surface area contributed by atoms with Gasteiger partial charge in [0.05, 0.1) is 24.5 Å². The van der Waals surface area contributed by atoms with Crippen LogP contribution in [0.2, 0.25) is 0 Å². The van der Waals surface area contributed by atoms with Crippen molar-refractivity contribution in [3.05, 3.63) is 12.2 Å². The van der Waals surface area contributed by atoms with Crippen molar-refractivity contribution in [2.45, 2.75) is 44.8 Å². The number of likely N-dealkylation sites (tertiary alicyclic amines) is 1. The summed E-state index contributed by atoms with van der Waals surface area (Å²) in [5.41, 5.74) is -0.573. The number of nitrogens with zero attached hydrogens (tertiary/aromatic N) is 3. The highest BCUT2D eigenvalue weighted by molar-refractivity contribution is 5.93. The standard InChI is InChI=1S/C21H33N3O3/c1-4-15(5-2)13-24-14-21-8-7-16(27-21)17(18(21)20(24)26)19(25)23-10-6-9-22(3)11-12-23/h7-8,15-18H,4-6,9-14H2,1-3H3/t16-,17-,18-,21-/m0/s1. The molecule has 0 unspecified atom stereocenters. The summed E-state index contributed by atoms with van der Waals surface area (Å²) in [6.45, 7) is 9.17. The number of hydrogen-bond donors (Lipinski definition) is 0. The van der Waals surface area contributed by atoms with Gasteiger partial charge in [-0.1, -0.05) is 38.8 Å². The highest BCUT2D eigenvalue weighted by Gasteiger charge is 2.67. The topological polar surface area (TPSA) is 53.1 Å². The molecule has 4 aliphatic rings. The molecule has 6 heteroatoms. The van der Waals surface area contributed by atoms with Gasteiger partial charge in [0.1, 0.15) is 5.60 Å². The van der Waals surface area contributed by atoms with Crippen LogP contribution in [0.25, 0.3) is 0 Å². The van der Waals surface area contributed by atoms with Crippen LogP contribution in [-0.4, -0.2) is 84.5 Å². The van der Waals surface area contributed by atoms with Gasteiger partial charge in [0.2, 0.25) is 11.8 Å². The van der Waals surface area contributed by atoms with Crippen molar-refractivity contribution < 1.29 is 14.3 Å². The molecule has 4 aliphatic heterocycles. The summed E-state index contributed by atoms with van der Waals surface area (Å²) in [7, 11) is 2.10. The minimum Gasteiger partial charge on any atom is -0.360 e. The maximum absolute atomic E-state index is 13.4. The summed E-state index contributed by atoms with van der Waals surface area (Å²) in [5.74, 6) is 0.0666. The van der Waals surface area contributed by atoms with Gasteiger partial charge in [-0.05, 0) is 25.9 Å². The van der Waals surface area contributed by atoms with Crippen molar-refractivity contribution in [2.75, 3.05) is 46.3 Å². The molecular formula is C21H33N3O3. The molecule has 4 heterocycles. The second-order valence-electron chi connectivity index (χ2n) is 8.78. The van der Waals surface area contributed by atoms with Gasteiger partial charge in [0.15, 0.2) is 0 Å². The summed E-state index contributed by atoms with van der Waals surface area (Å²) in [4.78, 5) is 32.9. The fraction of sp³-hybridized carbons (Fsp3) is 0.810. The first-order chi connectivity index (χ1) is 13.0. The van der Waals surface area contributed by atoms with Crippen LogP contribution in [0.5, 0.6) is 0 Å². The number of fused-ring (bicyclic) bond motifs is 1. The first-order valence-electron chi connectivity index (χ1n) is 10.6. The molecule has 2 bridgehead atoms. The van der Waals surface area contributed by atoms with Gasteiger partial charge < -0.3 is 19.4 Å². The highest BCUT2D eigenvalue weighted by atomic mass is 16.5.